The van der Waals surface area contributed by atoms with Gasteiger partial charge in [-0.15, -0.1) is 0 Å². The Hall–Kier alpha value is -2.58. The zero-order chi connectivity index (χ0) is 21.9. The Balaban J connectivity index is 1.77. The zero-order valence-electron chi connectivity index (χ0n) is 17.8. The standard InChI is InChI=1S/C22H28N2O5S/c1-15-7-8-16(2)21(12-15)30(26,27)24-11-5-6-17(14-24)22(25)23-19-10-9-18(28-3)13-20(19)29-4/h7-10,12-13,17H,5-6,11,14H2,1-4H3,(H,23,25)/t17-/m1/s1. The lowest BCUT2D eigenvalue weighted by atomic mass is 9.98. The van der Waals surface area contributed by atoms with E-state index in [1.807, 2.05) is 19.1 Å². The molecule has 1 aliphatic rings. The van der Waals surface area contributed by atoms with Gasteiger partial charge in [0.1, 0.15) is 11.5 Å². The van der Waals surface area contributed by atoms with Gasteiger partial charge in [0, 0.05) is 19.2 Å². The van der Waals surface area contributed by atoms with Gasteiger partial charge in [-0.3, -0.25) is 4.79 Å². The lowest BCUT2D eigenvalue weighted by Gasteiger charge is -2.31. The van der Waals surface area contributed by atoms with Gasteiger partial charge in [0.2, 0.25) is 15.9 Å². The van der Waals surface area contributed by atoms with E-state index < -0.39 is 15.9 Å². The molecule has 0 aliphatic carbocycles. The Labute approximate surface area is 178 Å². The fraction of sp³-hybridized carbons (Fsp3) is 0.409. The van der Waals surface area contributed by atoms with E-state index in [0.717, 1.165) is 5.56 Å². The highest BCUT2D eigenvalue weighted by Gasteiger charge is 2.34. The third kappa shape index (κ3) is 4.60. The molecule has 1 heterocycles. The van der Waals surface area contributed by atoms with E-state index in [1.54, 1.807) is 38.3 Å². The van der Waals surface area contributed by atoms with Crippen molar-refractivity contribution in [2.45, 2.75) is 31.6 Å². The molecule has 8 heteroatoms. The summed E-state index contributed by atoms with van der Waals surface area (Å²) in [5.74, 6) is 0.441. The van der Waals surface area contributed by atoms with E-state index in [9.17, 15) is 13.2 Å². The molecule has 0 radical (unpaired) electrons. The number of carbonyl (C=O) groups is 1. The number of anilines is 1. The van der Waals surface area contributed by atoms with Crippen LogP contribution in [0.2, 0.25) is 0 Å². The second-order valence-corrected chi connectivity index (χ2v) is 9.43. The highest BCUT2D eigenvalue weighted by atomic mass is 32.2. The molecule has 1 amide bonds. The summed E-state index contributed by atoms with van der Waals surface area (Å²) in [4.78, 5) is 13.2. The number of hydrogen-bond acceptors (Lipinski definition) is 5. The van der Waals surface area contributed by atoms with E-state index in [0.29, 0.717) is 47.0 Å². The quantitative estimate of drug-likeness (QED) is 0.757. The topological polar surface area (TPSA) is 84.9 Å². The minimum Gasteiger partial charge on any atom is -0.497 e. The summed E-state index contributed by atoms with van der Waals surface area (Å²) in [5.41, 5.74) is 2.12. The Bertz CT molecular complexity index is 1040. The number of rotatable bonds is 6. The first kappa shape index (κ1) is 22.1. The van der Waals surface area contributed by atoms with Crippen LogP contribution in [0.25, 0.3) is 0 Å². The Morgan fingerprint density at radius 3 is 2.57 bits per heavy atom. The van der Waals surface area contributed by atoms with E-state index in [4.69, 9.17) is 9.47 Å². The molecule has 1 saturated heterocycles. The van der Waals surface area contributed by atoms with E-state index in [2.05, 4.69) is 5.32 Å². The summed E-state index contributed by atoms with van der Waals surface area (Å²) in [6, 6.07) is 10.5. The molecule has 0 aromatic heterocycles. The van der Waals surface area contributed by atoms with Crippen LogP contribution in [-0.4, -0.2) is 45.9 Å². The van der Waals surface area contributed by atoms with E-state index in [1.165, 1.54) is 11.4 Å². The summed E-state index contributed by atoms with van der Waals surface area (Å²) in [5, 5.41) is 2.87. The molecule has 1 N–H and O–H groups in total. The SMILES string of the molecule is COc1ccc(NC(=O)[C@@H]2CCCN(S(=O)(=O)c3cc(C)ccc3C)C2)c(OC)c1. The normalized spacial score (nSPS) is 17.4. The molecule has 0 bridgehead atoms. The van der Waals surface area contributed by atoms with Gasteiger partial charge in [-0.1, -0.05) is 12.1 Å². The van der Waals surface area contributed by atoms with E-state index in [-0.39, 0.29) is 12.5 Å². The van der Waals surface area contributed by atoms with Crippen molar-refractivity contribution in [2.24, 2.45) is 5.92 Å². The minimum absolute atomic E-state index is 0.153. The predicted molar refractivity (Wildman–Crippen MR) is 116 cm³/mol. The summed E-state index contributed by atoms with van der Waals surface area (Å²) in [6.45, 7) is 4.22. The summed E-state index contributed by atoms with van der Waals surface area (Å²) >= 11 is 0. The fourth-order valence-electron chi connectivity index (χ4n) is 3.64. The van der Waals surface area contributed by atoms with Gasteiger partial charge in [0.15, 0.2) is 0 Å². The van der Waals surface area contributed by atoms with Gasteiger partial charge in [0.25, 0.3) is 0 Å². The summed E-state index contributed by atoms with van der Waals surface area (Å²) in [6.07, 6.45) is 1.26. The second kappa shape index (κ2) is 9.06. The van der Waals surface area contributed by atoms with Crippen LogP contribution in [0.15, 0.2) is 41.3 Å². The van der Waals surface area contributed by atoms with Gasteiger partial charge >= 0.3 is 0 Å². The van der Waals surface area contributed by atoms with Crippen molar-refractivity contribution in [1.29, 1.82) is 0 Å². The van der Waals surface area contributed by atoms with Crippen LogP contribution in [0.5, 0.6) is 11.5 Å². The molecule has 162 valence electrons. The van der Waals surface area contributed by atoms with Gasteiger partial charge in [-0.05, 0) is 56.0 Å². The average molecular weight is 433 g/mol. The molecular weight excluding hydrogens is 404 g/mol. The molecule has 2 aromatic rings. The van der Waals surface area contributed by atoms with Gasteiger partial charge in [-0.2, -0.15) is 4.31 Å². The number of sulfonamides is 1. The lowest BCUT2D eigenvalue weighted by Crippen LogP contribution is -2.43. The number of nitrogens with zero attached hydrogens (tertiary/aromatic N) is 1. The highest BCUT2D eigenvalue weighted by molar-refractivity contribution is 7.89. The van der Waals surface area contributed by atoms with Crippen LogP contribution in [0.1, 0.15) is 24.0 Å². The van der Waals surface area contributed by atoms with Crippen LogP contribution in [-0.2, 0) is 14.8 Å². The molecule has 7 nitrogen and oxygen atoms in total. The number of benzene rings is 2. The molecule has 3 rings (SSSR count). The van der Waals surface area contributed by atoms with Crippen LogP contribution in [0, 0.1) is 19.8 Å². The van der Waals surface area contributed by atoms with Gasteiger partial charge in [-0.25, -0.2) is 8.42 Å². The maximum absolute atomic E-state index is 13.2. The number of methoxy groups -OCH3 is 2. The van der Waals surface area contributed by atoms with Crippen molar-refractivity contribution in [3.63, 3.8) is 0 Å². The smallest absolute Gasteiger partial charge is 0.243 e. The maximum Gasteiger partial charge on any atom is 0.243 e. The zero-order valence-corrected chi connectivity index (χ0v) is 18.6. The largest absolute Gasteiger partial charge is 0.497 e. The first-order chi connectivity index (χ1) is 14.3. The maximum atomic E-state index is 13.2. The molecule has 1 fully saturated rings. The summed E-state index contributed by atoms with van der Waals surface area (Å²) in [7, 11) is -0.591. The highest BCUT2D eigenvalue weighted by Crippen LogP contribution is 2.31. The Kier molecular flexibility index (Phi) is 6.67. The van der Waals surface area contributed by atoms with Gasteiger partial charge < -0.3 is 14.8 Å². The predicted octanol–water partition coefficient (Wildman–Crippen LogP) is 3.36. The fourth-order valence-corrected chi connectivity index (χ4v) is 5.47. The summed E-state index contributed by atoms with van der Waals surface area (Å²) < 4.78 is 38.4. The molecular formula is C22H28N2O5S. The number of amides is 1. The molecule has 0 saturated carbocycles. The van der Waals surface area contributed by atoms with Crippen LogP contribution >= 0.6 is 0 Å². The van der Waals surface area contributed by atoms with Crippen molar-refractivity contribution >= 4 is 21.6 Å². The number of nitrogens with one attached hydrogen (secondary N) is 1. The van der Waals surface area contributed by atoms with Crippen molar-refractivity contribution in [2.75, 3.05) is 32.6 Å². The van der Waals surface area contributed by atoms with Crippen molar-refractivity contribution in [3.8, 4) is 11.5 Å². The number of aryl methyl sites for hydroxylation is 2. The van der Waals surface area contributed by atoms with E-state index >= 15 is 0 Å². The van der Waals surface area contributed by atoms with Crippen molar-refractivity contribution in [3.05, 3.63) is 47.5 Å². The number of ether oxygens (including phenoxy) is 2. The molecule has 1 atom stereocenters. The number of hydrogen-bond donors (Lipinski definition) is 1. The van der Waals surface area contributed by atoms with Crippen LogP contribution in [0.3, 0.4) is 0 Å². The third-order valence-electron chi connectivity index (χ3n) is 5.38. The molecule has 0 spiro atoms. The second-order valence-electron chi connectivity index (χ2n) is 7.53. The number of piperidine rings is 1. The monoisotopic (exact) mass is 432 g/mol. The average Bonchev–Trinajstić information content (AvgIpc) is 2.75. The van der Waals surface area contributed by atoms with Crippen LogP contribution < -0.4 is 14.8 Å². The molecule has 30 heavy (non-hydrogen) atoms. The minimum atomic E-state index is -3.66. The molecule has 0 unspecified atom stereocenters. The Morgan fingerprint density at radius 1 is 1.10 bits per heavy atom. The first-order valence-corrected chi connectivity index (χ1v) is 11.3. The Morgan fingerprint density at radius 2 is 1.87 bits per heavy atom. The lowest BCUT2D eigenvalue weighted by molar-refractivity contribution is -0.120. The molecule has 2 aromatic carbocycles. The van der Waals surface area contributed by atoms with Gasteiger partial charge in [0.05, 0.1) is 30.7 Å². The molecule has 1 aliphatic heterocycles. The third-order valence-corrected chi connectivity index (χ3v) is 7.39. The van der Waals surface area contributed by atoms with Crippen LogP contribution in [0.4, 0.5) is 5.69 Å². The number of carbonyl (C=O) groups excluding carboxylic acids is 1. The van der Waals surface area contributed by atoms with Crippen molar-refractivity contribution in [1.82, 2.24) is 4.31 Å². The van der Waals surface area contributed by atoms with Crippen molar-refractivity contribution < 1.29 is 22.7 Å². The first-order valence-electron chi connectivity index (χ1n) is 9.86.